The Bertz CT molecular complexity index is 749. The van der Waals surface area contributed by atoms with Gasteiger partial charge in [-0.15, -0.1) is 0 Å². The Labute approximate surface area is 134 Å². The van der Waals surface area contributed by atoms with Crippen LogP contribution in [0.25, 0.3) is 0 Å². The Morgan fingerprint density at radius 1 is 1.09 bits per heavy atom. The van der Waals surface area contributed by atoms with E-state index in [-0.39, 0.29) is 28.4 Å². The largest absolute Gasteiger partial charge is 0.508 e. The second-order valence-electron chi connectivity index (χ2n) is 5.54. The molecule has 0 atom stereocenters. The van der Waals surface area contributed by atoms with Crippen LogP contribution in [-0.4, -0.2) is 20.6 Å². The zero-order valence-corrected chi connectivity index (χ0v) is 13.2. The van der Waals surface area contributed by atoms with Crippen molar-refractivity contribution < 1.29 is 15.0 Å². The van der Waals surface area contributed by atoms with E-state index in [1.54, 1.807) is 0 Å². The highest BCUT2D eigenvalue weighted by molar-refractivity contribution is 6.10. The monoisotopic (exact) mass is 315 g/mol. The first-order valence-corrected chi connectivity index (χ1v) is 7.80. The molecule has 1 aromatic heterocycles. The first-order chi connectivity index (χ1) is 11.0. The molecular weight excluding hydrogens is 294 g/mol. The Kier molecular flexibility index (Phi) is 5.57. The number of ketones is 1. The number of carbonyl (C=O) groups excluding carboxylic acids is 1. The van der Waals surface area contributed by atoms with Crippen LogP contribution in [0.4, 0.5) is 0 Å². The minimum Gasteiger partial charge on any atom is -0.508 e. The molecule has 0 spiro atoms. The molecule has 0 bridgehead atoms. The number of benzene rings is 1. The van der Waals surface area contributed by atoms with E-state index in [1.807, 2.05) is 0 Å². The van der Waals surface area contributed by atoms with Crippen molar-refractivity contribution in [2.75, 3.05) is 0 Å². The van der Waals surface area contributed by atoms with Gasteiger partial charge in [0.1, 0.15) is 11.5 Å². The normalized spacial score (nSPS) is 10.7. The van der Waals surface area contributed by atoms with Gasteiger partial charge in [-0.1, -0.05) is 26.2 Å². The molecule has 0 aliphatic heterocycles. The van der Waals surface area contributed by atoms with Crippen molar-refractivity contribution in [2.45, 2.75) is 39.2 Å². The number of aryl methyl sites for hydroxylation is 1. The van der Waals surface area contributed by atoms with Gasteiger partial charge in [0.2, 0.25) is 0 Å². The Balaban J connectivity index is 2.22. The first kappa shape index (κ1) is 16.8. The number of hydrogen-bond acceptors (Lipinski definition) is 4. The van der Waals surface area contributed by atoms with Crippen molar-refractivity contribution in [1.82, 2.24) is 4.57 Å². The van der Waals surface area contributed by atoms with Gasteiger partial charge in [0.25, 0.3) is 5.56 Å². The second-order valence-corrected chi connectivity index (χ2v) is 5.54. The van der Waals surface area contributed by atoms with E-state index in [9.17, 15) is 19.8 Å². The summed E-state index contributed by atoms with van der Waals surface area (Å²) < 4.78 is 1.53. The number of phenols is 2. The van der Waals surface area contributed by atoms with Crippen molar-refractivity contribution in [2.24, 2.45) is 0 Å². The molecule has 0 radical (unpaired) electrons. The molecule has 2 N–H and O–H groups in total. The number of rotatable bonds is 7. The third kappa shape index (κ3) is 4.22. The summed E-state index contributed by atoms with van der Waals surface area (Å²) in [6.45, 7) is 2.69. The summed E-state index contributed by atoms with van der Waals surface area (Å²) in [4.78, 5) is 24.3. The Morgan fingerprint density at radius 3 is 2.57 bits per heavy atom. The molecule has 0 amide bonds. The fraction of sp³-hybridized carbons (Fsp3) is 0.333. The fourth-order valence-corrected chi connectivity index (χ4v) is 2.42. The molecule has 2 rings (SSSR count). The van der Waals surface area contributed by atoms with E-state index in [4.69, 9.17) is 0 Å². The fourth-order valence-electron chi connectivity index (χ4n) is 2.42. The number of nitrogens with zero attached hydrogens (tertiary/aromatic N) is 1. The molecule has 5 heteroatoms. The van der Waals surface area contributed by atoms with E-state index in [2.05, 4.69) is 6.92 Å². The molecule has 122 valence electrons. The smallest absolute Gasteiger partial charge is 0.250 e. The zero-order valence-electron chi connectivity index (χ0n) is 13.2. The molecule has 0 fully saturated rings. The lowest BCUT2D eigenvalue weighted by Crippen LogP contribution is -2.20. The maximum absolute atomic E-state index is 12.5. The van der Waals surface area contributed by atoms with Gasteiger partial charge in [0.05, 0.1) is 5.56 Å². The predicted molar refractivity (Wildman–Crippen MR) is 88.0 cm³/mol. The average molecular weight is 315 g/mol. The molecule has 0 aliphatic carbocycles. The molecule has 0 saturated heterocycles. The van der Waals surface area contributed by atoms with Gasteiger partial charge < -0.3 is 14.8 Å². The zero-order chi connectivity index (χ0) is 16.8. The second kappa shape index (κ2) is 7.63. The summed E-state index contributed by atoms with van der Waals surface area (Å²) >= 11 is 0. The summed E-state index contributed by atoms with van der Waals surface area (Å²) in [6.07, 6.45) is 5.70. The van der Waals surface area contributed by atoms with E-state index < -0.39 is 0 Å². The van der Waals surface area contributed by atoms with Crippen LogP contribution in [0.1, 0.15) is 48.5 Å². The van der Waals surface area contributed by atoms with Gasteiger partial charge in [0, 0.05) is 30.4 Å². The average Bonchev–Trinajstić information content (AvgIpc) is 2.52. The third-order valence-electron chi connectivity index (χ3n) is 3.72. The summed E-state index contributed by atoms with van der Waals surface area (Å²) in [7, 11) is 0. The van der Waals surface area contributed by atoms with E-state index in [0.29, 0.717) is 12.1 Å². The Morgan fingerprint density at radius 2 is 1.87 bits per heavy atom. The molecule has 5 nitrogen and oxygen atoms in total. The minimum atomic E-state index is -0.384. The summed E-state index contributed by atoms with van der Waals surface area (Å²) in [6, 6.07) is 6.65. The van der Waals surface area contributed by atoms with Gasteiger partial charge in [-0.2, -0.15) is 0 Å². The maximum atomic E-state index is 12.5. The van der Waals surface area contributed by atoms with Crippen LogP contribution in [0, 0.1) is 0 Å². The standard InChI is InChI=1S/C18H21NO4/c1-2-3-4-5-10-19-12-13(6-9-17(19)22)18(23)15-8-7-14(20)11-16(15)21/h6-9,11-12,20-21H,2-5,10H2,1H3. The third-order valence-corrected chi connectivity index (χ3v) is 3.72. The van der Waals surface area contributed by atoms with Crippen molar-refractivity contribution in [3.05, 3.63) is 58.0 Å². The number of aromatic nitrogens is 1. The predicted octanol–water partition coefficient (Wildman–Crippen LogP) is 3.07. The van der Waals surface area contributed by atoms with Crippen LogP contribution in [0.2, 0.25) is 0 Å². The molecule has 0 aliphatic rings. The molecular formula is C18H21NO4. The van der Waals surface area contributed by atoms with Crippen molar-refractivity contribution >= 4 is 5.78 Å². The number of hydrogen-bond donors (Lipinski definition) is 2. The van der Waals surface area contributed by atoms with Gasteiger partial charge in [-0.3, -0.25) is 9.59 Å². The molecule has 0 unspecified atom stereocenters. The van der Waals surface area contributed by atoms with Gasteiger partial charge in [0.15, 0.2) is 5.78 Å². The van der Waals surface area contributed by atoms with E-state index >= 15 is 0 Å². The van der Waals surface area contributed by atoms with Gasteiger partial charge in [-0.25, -0.2) is 0 Å². The first-order valence-electron chi connectivity index (χ1n) is 7.80. The van der Waals surface area contributed by atoms with Crippen molar-refractivity contribution in [1.29, 1.82) is 0 Å². The summed E-state index contributed by atoms with van der Waals surface area (Å²) in [5, 5.41) is 19.1. The highest BCUT2D eigenvalue weighted by Crippen LogP contribution is 2.24. The topological polar surface area (TPSA) is 79.5 Å². The number of pyridine rings is 1. The lowest BCUT2D eigenvalue weighted by molar-refractivity contribution is 0.103. The molecule has 1 heterocycles. The molecule has 2 aromatic rings. The minimum absolute atomic E-state index is 0.0963. The van der Waals surface area contributed by atoms with Crippen LogP contribution in [0.15, 0.2) is 41.3 Å². The van der Waals surface area contributed by atoms with E-state index in [1.165, 1.54) is 35.0 Å². The van der Waals surface area contributed by atoms with Gasteiger partial charge in [-0.05, 0) is 24.6 Å². The quantitative estimate of drug-likeness (QED) is 0.608. The van der Waals surface area contributed by atoms with Gasteiger partial charge >= 0.3 is 0 Å². The van der Waals surface area contributed by atoms with Crippen LogP contribution in [0.5, 0.6) is 11.5 Å². The summed E-state index contributed by atoms with van der Waals surface area (Å²) in [5.41, 5.74) is 0.285. The van der Waals surface area contributed by atoms with Crippen molar-refractivity contribution in [3.63, 3.8) is 0 Å². The van der Waals surface area contributed by atoms with Crippen LogP contribution in [-0.2, 0) is 6.54 Å². The number of carbonyl (C=O) groups is 1. The van der Waals surface area contributed by atoms with E-state index in [0.717, 1.165) is 31.7 Å². The highest BCUT2D eigenvalue weighted by Gasteiger charge is 2.15. The lowest BCUT2D eigenvalue weighted by atomic mass is 10.0. The summed E-state index contributed by atoms with van der Waals surface area (Å²) in [5.74, 6) is -0.777. The maximum Gasteiger partial charge on any atom is 0.250 e. The molecule has 1 aromatic carbocycles. The molecule has 0 saturated carbocycles. The number of aromatic hydroxyl groups is 2. The highest BCUT2D eigenvalue weighted by atomic mass is 16.3. The lowest BCUT2D eigenvalue weighted by Gasteiger charge is -2.09. The number of unbranched alkanes of at least 4 members (excludes halogenated alkanes) is 3. The van der Waals surface area contributed by atoms with Crippen LogP contribution >= 0.6 is 0 Å². The Hall–Kier alpha value is -2.56. The van der Waals surface area contributed by atoms with Crippen LogP contribution < -0.4 is 5.56 Å². The molecule has 23 heavy (non-hydrogen) atoms. The SMILES string of the molecule is CCCCCCn1cc(C(=O)c2ccc(O)cc2O)ccc1=O. The number of phenolic OH excluding ortho intramolecular Hbond substituents is 2. The van der Waals surface area contributed by atoms with Crippen molar-refractivity contribution in [3.8, 4) is 11.5 Å². The van der Waals surface area contributed by atoms with Crippen LogP contribution in [0.3, 0.4) is 0 Å².